The number of benzene rings is 1. The van der Waals surface area contributed by atoms with Crippen molar-refractivity contribution in [3.05, 3.63) is 34.9 Å². The van der Waals surface area contributed by atoms with Gasteiger partial charge in [-0.05, 0) is 44.5 Å². The van der Waals surface area contributed by atoms with Crippen molar-refractivity contribution in [2.75, 3.05) is 7.05 Å². The molecule has 0 radical (unpaired) electrons. The van der Waals surface area contributed by atoms with Crippen LogP contribution in [-0.4, -0.2) is 23.0 Å². The molecule has 0 aromatic heterocycles. The molecule has 0 aliphatic rings. The van der Waals surface area contributed by atoms with Crippen molar-refractivity contribution in [2.45, 2.75) is 33.4 Å². The van der Waals surface area contributed by atoms with E-state index in [-0.39, 0.29) is 6.04 Å². The molecule has 88 valence electrons. The first-order valence-electron chi connectivity index (χ1n) is 5.47. The van der Waals surface area contributed by atoms with E-state index in [1.54, 1.807) is 0 Å². The average molecular weight is 236 g/mol. The number of likely N-dealkylation sites (N-methyl/N-ethyl adjacent to an activating group) is 1. The highest BCUT2D eigenvalue weighted by Crippen LogP contribution is 2.12. The Morgan fingerprint density at radius 3 is 2.50 bits per heavy atom. The van der Waals surface area contributed by atoms with Crippen molar-refractivity contribution < 1.29 is 0 Å². The van der Waals surface area contributed by atoms with Gasteiger partial charge in [-0.3, -0.25) is 4.90 Å². The standard InChI is InChI=1S/C13H20N2S/c1-9-5-6-12(7-10(9)2)8-15(4)11(3)13(14)16/h5-7,11H,8H2,1-4H3,(H2,14,16). The molecule has 0 saturated carbocycles. The maximum atomic E-state index is 5.63. The van der Waals surface area contributed by atoms with E-state index in [0.29, 0.717) is 4.99 Å². The number of nitrogens with two attached hydrogens (primary N) is 1. The predicted octanol–water partition coefficient (Wildman–Crippen LogP) is 2.41. The summed E-state index contributed by atoms with van der Waals surface area (Å²) in [6.07, 6.45) is 0. The molecule has 0 bridgehead atoms. The van der Waals surface area contributed by atoms with Crippen LogP contribution in [0.15, 0.2) is 18.2 Å². The van der Waals surface area contributed by atoms with Crippen LogP contribution in [0.5, 0.6) is 0 Å². The van der Waals surface area contributed by atoms with E-state index in [2.05, 4.69) is 36.9 Å². The highest BCUT2D eigenvalue weighted by Gasteiger charge is 2.11. The van der Waals surface area contributed by atoms with Crippen LogP contribution in [0.25, 0.3) is 0 Å². The lowest BCUT2D eigenvalue weighted by Crippen LogP contribution is -2.38. The Bertz CT molecular complexity index is 388. The van der Waals surface area contributed by atoms with Gasteiger partial charge in [-0.25, -0.2) is 0 Å². The molecule has 3 heteroatoms. The van der Waals surface area contributed by atoms with Gasteiger partial charge in [0.1, 0.15) is 0 Å². The minimum absolute atomic E-state index is 0.136. The maximum Gasteiger partial charge on any atom is 0.0899 e. The van der Waals surface area contributed by atoms with E-state index in [0.717, 1.165) is 6.54 Å². The van der Waals surface area contributed by atoms with Gasteiger partial charge in [0.05, 0.1) is 11.0 Å². The molecule has 0 heterocycles. The monoisotopic (exact) mass is 236 g/mol. The second-order valence-electron chi connectivity index (χ2n) is 4.41. The van der Waals surface area contributed by atoms with Crippen LogP contribution in [0.1, 0.15) is 23.6 Å². The van der Waals surface area contributed by atoms with E-state index in [4.69, 9.17) is 18.0 Å². The molecule has 0 spiro atoms. The Kier molecular flexibility index (Phi) is 4.44. The minimum Gasteiger partial charge on any atom is -0.392 e. The summed E-state index contributed by atoms with van der Waals surface area (Å²) >= 11 is 4.99. The highest BCUT2D eigenvalue weighted by molar-refractivity contribution is 7.80. The first kappa shape index (κ1) is 13.1. The van der Waals surface area contributed by atoms with Crippen molar-refractivity contribution in [3.8, 4) is 0 Å². The lowest BCUT2D eigenvalue weighted by Gasteiger charge is -2.23. The molecule has 1 unspecified atom stereocenters. The summed E-state index contributed by atoms with van der Waals surface area (Å²) in [5.41, 5.74) is 9.59. The number of thiocarbonyl (C=S) groups is 1. The largest absolute Gasteiger partial charge is 0.392 e. The quantitative estimate of drug-likeness (QED) is 0.814. The van der Waals surface area contributed by atoms with Gasteiger partial charge in [-0.2, -0.15) is 0 Å². The molecule has 1 aromatic carbocycles. The molecule has 2 N–H and O–H groups in total. The third-order valence-electron chi connectivity index (χ3n) is 3.08. The summed E-state index contributed by atoms with van der Waals surface area (Å²) in [5, 5.41) is 0. The van der Waals surface area contributed by atoms with Crippen molar-refractivity contribution in [1.29, 1.82) is 0 Å². The van der Waals surface area contributed by atoms with Crippen LogP contribution < -0.4 is 5.73 Å². The van der Waals surface area contributed by atoms with Gasteiger partial charge in [-0.15, -0.1) is 0 Å². The minimum atomic E-state index is 0.136. The van der Waals surface area contributed by atoms with Gasteiger partial charge in [0.15, 0.2) is 0 Å². The van der Waals surface area contributed by atoms with Crippen molar-refractivity contribution >= 4 is 17.2 Å². The lowest BCUT2D eigenvalue weighted by atomic mass is 10.1. The number of aryl methyl sites for hydroxylation is 2. The molecule has 1 rings (SSSR count). The average Bonchev–Trinajstić information content (AvgIpc) is 2.22. The Labute approximate surface area is 103 Å². The van der Waals surface area contributed by atoms with Crippen LogP contribution in [0.4, 0.5) is 0 Å². The van der Waals surface area contributed by atoms with E-state index < -0.39 is 0 Å². The molecule has 0 saturated heterocycles. The Hall–Kier alpha value is -0.930. The fourth-order valence-electron chi connectivity index (χ4n) is 1.54. The molecule has 16 heavy (non-hydrogen) atoms. The van der Waals surface area contributed by atoms with Crippen molar-refractivity contribution in [2.24, 2.45) is 5.73 Å². The van der Waals surface area contributed by atoms with Crippen LogP contribution in [0.2, 0.25) is 0 Å². The normalized spacial score (nSPS) is 12.8. The van der Waals surface area contributed by atoms with Gasteiger partial charge < -0.3 is 5.73 Å². The maximum absolute atomic E-state index is 5.63. The molecule has 1 aromatic rings. The summed E-state index contributed by atoms with van der Waals surface area (Å²) in [5.74, 6) is 0. The molecule has 0 aliphatic heterocycles. The zero-order chi connectivity index (χ0) is 12.3. The molecular formula is C13H20N2S. The molecule has 0 fully saturated rings. The predicted molar refractivity (Wildman–Crippen MR) is 73.6 cm³/mol. The van der Waals surface area contributed by atoms with Gasteiger partial charge in [-0.1, -0.05) is 30.4 Å². The number of rotatable bonds is 4. The number of nitrogens with zero attached hydrogens (tertiary/aromatic N) is 1. The zero-order valence-electron chi connectivity index (χ0n) is 10.4. The Morgan fingerprint density at radius 2 is 2.00 bits per heavy atom. The smallest absolute Gasteiger partial charge is 0.0899 e. The summed E-state index contributed by atoms with van der Waals surface area (Å²) in [7, 11) is 2.04. The fourth-order valence-corrected chi connectivity index (χ4v) is 1.72. The topological polar surface area (TPSA) is 29.3 Å². The van der Waals surface area contributed by atoms with E-state index in [1.807, 2.05) is 14.0 Å². The van der Waals surface area contributed by atoms with E-state index in [1.165, 1.54) is 16.7 Å². The van der Waals surface area contributed by atoms with E-state index in [9.17, 15) is 0 Å². The molecule has 2 nitrogen and oxygen atoms in total. The molecule has 0 aliphatic carbocycles. The van der Waals surface area contributed by atoms with Crippen LogP contribution >= 0.6 is 12.2 Å². The van der Waals surface area contributed by atoms with Crippen LogP contribution in [-0.2, 0) is 6.54 Å². The first-order valence-corrected chi connectivity index (χ1v) is 5.88. The third-order valence-corrected chi connectivity index (χ3v) is 3.42. The Balaban J connectivity index is 2.73. The van der Waals surface area contributed by atoms with Gasteiger partial charge in [0.2, 0.25) is 0 Å². The van der Waals surface area contributed by atoms with Gasteiger partial charge in [0, 0.05) is 6.54 Å². The lowest BCUT2D eigenvalue weighted by molar-refractivity contribution is 0.304. The third kappa shape index (κ3) is 3.29. The molecule has 1 atom stereocenters. The number of hydrogen-bond donors (Lipinski definition) is 1. The second-order valence-corrected chi connectivity index (χ2v) is 4.88. The SMILES string of the molecule is Cc1ccc(CN(C)C(C)C(N)=S)cc1C. The summed E-state index contributed by atoms with van der Waals surface area (Å²) in [6.45, 7) is 7.17. The molecular weight excluding hydrogens is 216 g/mol. The first-order chi connectivity index (χ1) is 7.41. The number of hydrogen-bond acceptors (Lipinski definition) is 2. The summed E-state index contributed by atoms with van der Waals surface area (Å²) in [6, 6.07) is 6.67. The fraction of sp³-hybridized carbons (Fsp3) is 0.462. The van der Waals surface area contributed by atoms with E-state index >= 15 is 0 Å². The summed E-state index contributed by atoms with van der Waals surface area (Å²) < 4.78 is 0. The second kappa shape index (κ2) is 5.41. The van der Waals surface area contributed by atoms with Gasteiger partial charge >= 0.3 is 0 Å². The Morgan fingerprint density at radius 1 is 1.38 bits per heavy atom. The van der Waals surface area contributed by atoms with Crippen molar-refractivity contribution in [1.82, 2.24) is 4.90 Å². The van der Waals surface area contributed by atoms with Crippen LogP contribution in [0, 0.1) is 13.8 Å². The zero-order valence-corrected chi connectivity index (χ0v) is 11.3. The van der Waals surface area contributed by atoms with Crippen molar-refractivity contribution in [3.63, 3.8) is 0 Å². The van der Waals surface area contributed by atoms with Gasteiger partial charge in [0.25, 0.3) is 0 Å². The van der Waals surface area contributed by atoms with Crippen LogP contribution in [0.3, 0.4) is 0 Å². The summed E-state index contributed by atoms with van der Waals surface area (Å²) in [4.78, 5) is 2.71. The molecule has 0 amide bonds. The highest BCUT2D eigenvalue weighted by atomic mass is 32.1.